The van der Waals surface area contributed by atoms with Crippen molar-refractivity contribution in [2.45, 2.75) is 25.8 Å². The van der Waals surface area contributed by atoms with Crippen molar-refractivity contribution in [3.8, 4) is 0 Å². The molecule has 0 bridgehead atoms. The van der Waals surface area contributed by atoms with Gasteiger partial charge in [-0.25, -0.2) is 8.78 Å². The summed E-state index contributed by atoms with van der Waals surface area (Å²) in [5.41, 5.74) is 4.90. The number of nitrogens with two attached hydrogens (primary N) is 1. The summed E-state index contributed by atoms with van der Waals surface area (Å²) < 4.78 is 27.8. The molecule has 0 fully saturated rings. The molecule has 0 aromatic heterocycles. The molecule has 3 nitrogen and oxygen atoms in total. The Hall–Kier alpha value is -0.710. The minimum Gasteiger partial charge on any atom is -0.466 e. The van der Waals surface area contributed by atoms with E-state index in [0.717, 1.165) is 0 Å². The molecule has 0 aliphatic heterocycles. The molecule has 0 aromatic rings. The number of rotatable bonds is 4. The molecule has 0 rings (SSSR count). The Bertz CT molecular complexity index is 130. The van der Waals surface area contributed by atoms with Crippen LogP contribution in [-0.4, -0.2) is 25.0 Å². The van der Waals surface area contributed by atoms with Crippen LogP contribution in [0.2, 0.25) is 0 Å². The molecule has 0 saturated carbocycles. The standard InChI is InChI=1S/C6H11F2NO2/c1-2-11-5(10)3-4(9)6(7)8/h4,6H,2-3,9H2,1H3/t4-/m1/s1. The van der Waals surface area contributed by atoms with Gasteiger partial charge in [0.15, 0.2) is 0 Å². The van der Waals surface area contributed by atoms with E-state index in [-0.39, 0.29) is 6.61 Å². The molecule has 1 atom stereocenters. The fourth-order valence-corrected chi connectivity index (χ4v) is 0.501. The summed E-state index contributed by atoms with van der Waals surface area (Å²) in [6, 6.07) is -1.41. The predicted molar refractivity (Wildman–Crippen MR) is 35.2 cm³/mol. The SMILES string of the molecule is CCOC(=O)C[C@@H](N)C(F)F. The molecule has 5 heteroatoms. The predicted octanol–water partition coefficient (Wildman–Crippen LogP) is 0.532. The molecular formula is C6H11F2NO2. The van der Waals surface area contributed by atoms with Gasteiger partial charge in [-0.05, 0) is 6.92 Å². The lowest BCUT2D eigenvalue weighted by atomic mass is 10.2. The highest BCUT2D eigenvalue weighted by Crippen LogP contribution is 2.02. The highest BCUT2D eigenvalue weighted by molar-refractivity contribution is 5.70. The Labute approximate surface area is 63.5 Å². The smallest absolute Gasteiger partial charge is 0.307 e. The number of hydrogen-bond donors (Lipinski definition) is 1. The first-order chi connectivity index (χ1) is 5.07. The third-order valence-corrected chi connectivity index (χ3v) is 1.03. The van der Waals surface area contributed by atoms with Gasteiger partial charge in [-0.15, -0.1) is 0 Å². The lowest BCUT2D eigenvalue weighted by Crippen LogP contribution is -2.31. The normalized spacial score (nSPS) is 13.2. The van der Waals surface area contributed by atoms with Crippen molar-refractivity contribution in [1.29, 1.82) is 0 Å². The van der Waals surface area contributed by atoms with Gasteiger partial charge in [0.2, 0.25) is 0 Å². The molecule has 0 amide bonds. The number of carbonyl (C=O) groups is 1. The molecule has 0 heterocycles. The zero-order valence-corrected chi connectivity index (χ0v) is 6.22. The maximum atomic E-state index is 11.7. The molecule has 0 spiro atoms. The van der Waals surface area contributed by atoms with Crippen molar-refractivity contribution < 1.29 is 18.3 Å². The average Bonchev–Trinajstić information content (AvgIpc) is 1.87. The summed E-state index contributed by atoms with van der Waals surface area (Å²) in [4.78, 5) is 10.5. The summed E-state index contributed by atoms with van der Waals surface area (Å²) in [5.74, 6) is -0.680. The molecular weight excluding hydrogens is 156 g/mol. The summed E-state index contributed by atoms with van der Waals surface area (Å²) in [7, 11) is 0. The van der Waals surface area contributed by atoms with E-state index in [9.17, 15) is 13.6 Å². The van der Waals surface area contributed by atoms with E-state index in [0.29, 0.717) is 0 Å². The van der Waals surface area contributed by atoms with Crippen LogP contribution >= 0.6 is 0 Å². The topological polar surface area (TPSA) is 52.3 Å². The summed E-state index contributed by atoms with van der Waals surface area (Å²) >= 11 is 0. The van der Waals surface area contributed by atoms with Crippen LogP contribution in [0.4, 0.5) is 8.78 Å². The van der Waals surface area contributed by atoms with Gasteiger partial charge >= 0.3 is 5.97 Å². The van der Waals surface area contributed by atoms with Crippen LogP contribution in [-0.2, 0) is 9.53 Å². The van der Waals surface area contributed by atoms with Crippen molar-refractivity contribution in [3.05, 3.63) is 0 Å². The lowest BCUT2D eigenvalue weighted by molar-refractivity contribution is -0.144. The van der Waals surface area contributed by atoms with Gasteiger partial charge in [-0.2, -0.15) is 0 Å². The highest BCUT2D eigenvalue weighted by Gasteiger charge is 2.19. The molecule has 0 saturated heterocycles. The van der Waals surface area contributed by atoms with Crippen LogP contribution in [0.3, 0.4) is 0 Å². The Morgan fingerprint density at radius 1 is 1.64 bits per heavy atom. The summed E-state index contributed by atoms with van der Waals surface area (Å²) in [6.45, 7) is 1.79. The Kier molecular flexibility index (Phi) is 4.69. The second-order valence-corrected chi connectivity index (χ2v) is 2.01. The monoisotopic (exact) mass is 167 g/mol. The van der Waals surface area contributed by atoms with Gasteiger partial charge < -0.3 is 10.5 Å². The maximum Gasteiger partial charge on any atom is 0.307 e. The third-order valence-electron chi connectivity index (χ3n) is 1.03. The first-order valence-corrected chi connectivity index (χ1v) is 3.27. The van der Waals surface area contributed by atoms with E-state index in [4.69, 9.17) is 5.73 Å². The number of esters is 1. The second-order valence-electron chi connectivity index (χ2n) is 2.01. The zero-order chi connectivity index (χ0) is 8.85. The summed E-state index contributed by atoms with van der Waals surface area (Å²) in [5, 5.41) is 0. The van der Waals surface area contributed by atoms with Crippen LogP contribution in [0.1, 0.15) is 13.3 Å². The van der Waals surface area contributed by atoms with Crippen molar-refractivity contribution in [2.75, 3.05) is 6.61 Å². The van der Waals surface area contributed by atoms with Crippen LogP contribution in [0, 0.1) is 0 Å². The van der Waals surface area contributed by atoms with E-state index in [2.05, 4.69) is 4.74 Å². The van der Waals surface area contributed by atoms with Crippen LogP contribution in [0.25, 0.3) is 0 Å². The lowest BCUT2D eigenvalue weighted by Gasteiger charge is -2.08. The minimum atomic E-state index is -2.67. The van der Waals surface area contributed by atoms with Crippen molar-refractivity contribution in [3.63, 3.8) is 0 Å². The second kappa shape index (κ2) is 5.01. The Morgan fingerprint density at radius 2 is 2.18 bits per heavy atom. The molecule has 11 heavy (non-hydrogen) atoms. The fraction of sp³-hybridized carbons (Fsp3) is 0.833. The number of carbonyl (C=O) groups excluding carboxylic acids is 1. The largest absolute Gasteiger partial charge is 0.466 e. The third kappa shape index (κ3) is 4.66. The van der Waals surface area contributed by atoms with Gasteiger partial charge in [0, 0.05) is 0 Å². The minimum absolute atomic E-state index is 0.189. The van der Waals surface area contributed by atoms with Gasteiger partial charge in [0.05, 0.1) is 19.1 Å². The Morgan fingerprint density at radius 3 is 2.55 bits per heavy atom. The van der Waals surface area contributed by atoms with E-state index in [1.165, 1.54) is 0 Å². The van der Waals surface area contributed by atoms with Gasteiger partial charge in [-0.3, -0.25) is 4.79 Å². The molecule has 0 unspecified atom stereocenters. The fourth-order valence-electron chi connectivity index (χ4n) is 0.501. The highest BCUT2D eigenvalue weighted by atomic mass is 19.3. The Balaban J connectivity index is 3.57. The maximum absolute atomic E-state index is 11.7. The van der Waals surface area contributed by atoms with Crippen molar-refractivity contribution >= 4 is 5.97 Å². The van der Waals surface area contributed by atoms with E-state index in [1.54, 1.807) is 6.92 Å². The first-order valence-electron chi connectivity index (χ1n) is 3.27. The quantitative estimate of drug-likeness (QED) is 0.621. The van der Waals surface area contributed by atoms with Gasteiger partial charge in [0.1, 0.15) is 0 Å². The average molecular weight is 167 g/mol. The van der Waals surface area contributed by atoms with Gasteiger partial charge in [-0.1, -0.05) is 0 Å². The van der Waals surface area contributed by atoms with E-state index >= 15 is 0 Å². The van der Waals surface area contributed by atoms with Gasteiger partial charge in [0.25, 0.3) is 6.43 Å². The van der Waals surface area contributed by atoms with Crippen molar-refractivity contribution in [2.24, 2.45) is 5.73 Å². The molecule has 0 aromatic carbocycles. The zero-order valence-electron chi connectivity index (χ0n) is 6.22. The number of alkyl halides is 2. The van der Waals surface area contributed by atoms with E-state index < -0.39 is 24.9 Å². The number of halogens is 2. The summed E-state index contributed by atoms with van der Waals surface area (Å²) in [6.07, 6.45) is -3.09. The molecule has 0 aliphatic rings. The first kappa shape index (κ1) is 10.3. The molecule has 66 valence electrons. The molecule has 0 aliphatic carbocycles. The van der Waals surface area contributed by atoms with Crippen LogP contribution in [0.15, 0.2) is 0 Å². The van der Waals surface area contributed by atoms with Crippen LogP contribution in [0.5, 0.6) is 0 Å². The van der Waals surface area contributed by atoms with Crippen LogP contribution < -0.4 is 5.73 Å². The molecule has 2 N–H and O–H groups in total. The van der Waals surface area contributed by atoms with Crippen molar-refractivity contribution in [1.82, 2.24) is 0 Å². The van der Waals surface area contributed by atoms with E-state index in [1.807, 2.05) is 0 Å². The molecule has 0 radical (unpaired) electrons. The number of hydrogen-bond acceptors (Lipinski definition) is 3. The number of ether oxygens (including phenoxy) is 1.